The van der Waals surface area contributed by atoms with Crippen molar-refractivity contribution in [2.24, 2.45) is 0 Å². The lowest BCUT2D eigenvalue weighted by molar-refractivity contribution is -0.174. The van der Waals surface area contributed by atoms with E-state index in [1.165, 1.54) is 18.6 Å². The maximum absolute atomic E-state index is 13.4. The van der Waals surface area contributed by atoms with E-state index in [-0.39, 0.29) is 11.5 Å². The molecule has 3 heterocycles. The lowest BCUT2D eigenvalue weighted by atomic mass is 9.97. The minimum atomic E-state index is -1.64. The molecule has 1 aromatic carbocycles. The van der Waals surface area contributed by atoms with Crippen molar-refractivity contribution in [2.75, 3.05) is 19.8 Å². The molecule has 2 atom stereocenters. The van der Waals surface area contributed by atoms with Crippen molar-refractivity contribution < 1.29 is 18.3 Å². The fourth-order valence-electron chi connectivity index (χ4n) is 5.19. The van der Waals surface area contributed by atoms with Gasteiger partial charge in [-0.15, -0.1) is 0 Å². The first-order chi connectivity index (χ1) is 13.3. The molecule has 2 bridgehead atoms. The topological polar surface area (TPSA) is 30.9 Å². The molecule has 0 aromatic heterocycles. The van der Waals surface area contributed by atoms with Gasteiger partial charge < -0.3 is 13.9 Å². The second-order valence-corrected chi connectivity index (χ2v) is 13.8. The zero-order chi connectivity index (χ0) is 19.8. The van der Waals surface area contributed by atoms with Crippen molar-refractivity contribution in [1.29, 1.82) is 0 Å². The Labute approximate surface area is 169 Å². The molecule has 2 unspecified atom stereocenters. The number of hydrogen-bond acceptors (Lipinski definition) is 4. The third kappa shape index (κ3) is 4.07. The van der Waals surface area contributed by atoms with Crippen LogP contribution in [0.5, 0.6) is 0 Å². The van der Waals surface area contributed by atoms with Crippen LogP contribution in [0.15, 0.2) is 24.3 Å². The number of ether oxygens (including phenoxy) is 2. The van der Waals surface area contributed by atoms with Gasteiger partial charge in [-0.1, -0.05) is 12.1 Å². The molecular weight excluding hydrogens is 373 g/mol. The zero-order valence-corrected chi connectivity index (χ0v) is 18.4. The maximum atomic E-state index is 13.4. The quantitative estimate of drug-likeness (QED) is 0.608. The summed E-state index contributed by atoms with van der Waals surface area (Å²) in [7, 11) is -1.64. The molecule has 6 heteroatoms. The fourth-order valence-corrected chi connectivity index (χ4v) is 6.64. The Bertz CT molecular complexity index is 667. The molecule has 3 fully saturated rings. The number of rotatable bonds is 7. The number of halogens is 1. The van der Waals surface area contributed by atoms with Crippen LogP contribution in [0.25, 0.3) is 0 Å². The van der Waals surface area contributed by atoms with Gasteiger partial charge in [-0.05, 0) is 70.3 Å². The van der Waals surface area contributed by atoms with Crippen LogP contribution in [-0.4, -0.2) is 44.7 Å². The maximum Gasteiger partial charge on any atom is 0.195 e. The van der Waals surface area contributed by atoms with Crippen LogP contribution >= 0.6 is 0 Å². The van der Waals surface area contributed by atoms with Gasteiger partial charge >= 0.3 is 0 Å². The highest BCUT2D eigenvalue weighted by Gasteiger charge is 2.51. The van der Waals surface area contributed by atoms with E-state index in [4.69, 9.17) is 13.9 Å². The second kappa shape index (κ2) is 7.80. The third-order valence-electron chi connectivity index (χ3n) is 6.17. The minimum Gasteiger partial charge on any atom is -0.400 e. The highest BCUT2D eigenvalue weighted by Crippen LogP contribution is 2.46. The summed E-state index contributed by atoms with van der Waals surface area (Å²) in [6.45, 7) is 9.00. The molecule has 4 nitrogen and oxygen atoms in total. The van der Waals surface area contributed by atoms with Crippen LogP contribution < -0.4 is 0 Å². The van der Waals surface area contributed by atoms with E-state index in [2.05, 4.69) is 31.0 Å². The summed E-state index contributed by atoms with van der Waals surface area (Å²) < 4.78 is 32.2. The fraction of sp³-hybridized carbons (Fsp3) is 0.682. The Morgan fingerprint density at radius 3 is 2.57 bits per heavy atom. The van der Waals surface area contributed by atoms with Crippen molar-refractivity contribution in [1.82, 2.24) is 4.90 Å². The average molecular weight is 407 g/mol. The van der Waals surface area contributed by atoms with E-state index in [9.17, 15) is 4.39 Å². The molecule has 0 N–H and O–H groups in total. The molecule has 1 aromatic rings. The Morgan fingerprint density at radius 2 is 1.89 bits per heavy atom. The van der Waals surface area contributed by atoms with E-state index in [1.54, 1.807) is 12.1 Å². The van der Waals surface area contributed by atoms with Gasteiger partial charge in [0, 0.05) is 24.6 Å². The Morgan fingerprint density at radius 1 is 1.18 bits per heavy atom. The van der Waals surface area contributed by atoms with Gasteiger partial charge in [-0.3, -0.25) is 4.90 Å². The monoisotopic (exact) mass is 406 g/mol. The average Bonchev–Trinajstić information content (AvgIpc) is 3.16. The van der Waals surface area contributed by atoms with Gasteiger partial charge in [0.1, 0.15) is 11.5 Å². The van der Waals surface area contributed by atoms with Crippen LogP contribution in [0.2, 0.25) is 19.6 Å². The third-order valence-corrected chi connectivity index (χ3v) is 7.17. The van der Waals surface area contributed by atoms with Crippen molar-refractivity contribution >= 4 is 8.32 Å². The molecule has 3 saturated heterocycles. The molecular formula is C22H33FNO3Si. The molecule has 0 aliphatic carbocycles. The normalized spacial score (nSPS) is 30.1. The number of fused-ring (bicyclic) bond motifs is 2. The molecule has 3 aliphatic rings. The van der Waals surface area contributed by atoms with Gasteiger partial charge in [-0.25, -0.2) is 4.39 Å². The van der Waals surface area contributed by atoms with E-state index in [0.717, 1.165) is 44.2 Å². The molecule has 0 amide bonds. The van der Waals surface area contributed by atoms with Crippen molar-refractivity contribution in [3.63, 3.8) is 0 Å². The predicted octanol–water partition coefficient (Wildman–Crippen LogP) is 4.82. The SMILES string of the molecule is C[Si](C)(C)OC12C[CH]CC(CC1)N2CCCC1(c2ccc(F)cc2)OCCO1. The van der Waals surface area contributed by atoms with E-state index in [1.807, 2.05) is 0 Å². The summed E-state index contributed by atoms with van der Waals surface area (Å²) in [5.74, 6) is -0.968. The van der Waals surface area contributed by atoms with E-state index >= 15 is 0 Å². The first kappa shape index (κ1) is 20.5. The number of nitrogens with zero attached hydrogens (tertiary/aromatic N) is 1. The molecule has 4 rings (SSSR count). The first-order valence-electron chi connectivity index (χ1n) is 10.6. The Kier molecular flexibility index (Phi) is 5.70. The van der Waals surface area contributed by atoms with Gasteiger partial charge in [-0.2, -0.15) is 0 Å². The van der Waals surface area contributed by atoms with Gasteiger partial charge in [0.05, 0.1) is 13.2 Å². The Balaban J connectivity index is 1.45. The van der Waals surface area contributed by atoms with Gasteiger partial charge in [0.25, 0.3) is 0 Å². The summed E-state index contributed by atoms with van der Waals surface area (Å²) in [6.07, 6.45) is 8.71. The first-order valence-corrected chi connectivity index (χ1v) is 14.1. The Hall–Kier alpha value is -0.793. The van der Waals surface area contributed by atoms with Gasteiger partial charge in [0.15, 0.2) is 14.1 Å². The van der Waals surface area contributed by atoms with Crippen LogP contribution in [0, 0.1) is 12.2 Å². The van der Waals surface area contributed by atoms with Crippen molar-refractivity contribution in [2.45, 2.75) is 75.7 Å². The molecule has 155 valence electrons. The summed E-state index contributed by atoms with van der Waals surface area (Å²) >= 11 is 0. The number of piperidine rings is 1. The lowest BCUT2D eigenvalue weighted by Crippen LogP contribution is -2.56. The van der Waals surface area contributed by atoms with E-state index < -0.39 is 14.1 Å². The molecule has 28 heavy (non-hydrogen) atoms. The largest absolute Gasteiger partial charge is 0.400 e. The van der Waals surface area contributed by atoms with Crippen LogP contribution in [0.1, 0.15) is 44.1 Å². The van der Waals surface area contributed by atoms with Crippen LogP contribution in [-0.2, 0) is 19.7 Å². The molecule has 0 spiro atoms. The predicted molar refractivity (Wildman–Crippen MR) is 110 cm³/mol. The van der Waals surface area contributed by atoms with Gasteiger partial charge in [0.2, 0.25) is 0 Å². The van der Waals surface area contributed by atoms with Crippen molar-refractivity contribution in [3.8, 4) is 0 Å². The second-order valence-electron chi connectivity index (χ2n) is 9.34. The van der Waals surface area contributed by atoms with Crippen LogP contribution in [0.3, 0.4) is 0 Å². The molecule has 3 aliphatic heterocycles. The standard InChI is InChI=1S/C22H33FNO3Si/c1-28(2,3)27-21-12-4-6-20(11-14-21)24(21)15-5-13-22(25-16-17-26-22)18-7-9-19(23)10-8-18/h4,7-10,20H,5-6,11-17H2,1-3H3. The smallest absolute Gasteiger partial charge is 0.195 e. The lowest BCUT2D eigenvalue weighted by Gasteiger charge is -2.48. The highest BCUT2D eigenvalue weighted by atomic mass is 28.4. The number of hydrogen-bond donors (Lipinski definition) is 0. The number of benzene rings is 1. The summed E-state index contributed by atoms with van der Waals surface area (Å²) in [4.78, 5) is 2.62. The minimum absolute atomic E-state index is 0.103. The van der Waals surface area contributed by atoms with E-state index in [0.29, 0.717) is 19.3 Å². The summed E-state index contributed by atoms with van der Waals surface area (Å²) in [5, 5.41) is 0. The summed E-state index contributed by atoms with van der Waals surface area (Å²) in [6, 6.07) is 7.14. The zero-order valence-electron chi connectivity index (χ0n) is 17.4. The highest BCUT2D eigenvalue weighted by molar-refractivity contribution is 6.69. The molecule has 0 saturated carbocycles. The van der Waals surface area contributed by atoms with Crippen molar-refractivity contribution in [3.05, 3.63) is 42.1 Å². The molecule has 1 radical (unpaired) electrons. The van der Waals surface area contributed by atoms with Crippen LogP contribution in [0.4, 0.5) is 4.39 Å². The summed E-state index contributed by atoms with van der Waals surface area (Å²) in [5.41, 5.74) is 0.808.